The number of hydrogen-bond donors (Lipinski definition) is 0. The van der Waals surface area contributed by atoms with Crippen LogP contribution in [0.15, 0.2) is 29.2 Å². The highest BCUT2D eigenvalue weighted by Gasteiger charge is 2.10. The first-order valence-corrected chi connectivity index (χ1v) is 5.60. The summed E-state index contributed by atoms with van der Waals surface area (Å²) in [5.41, 5.74) is 0. The maximum absolute atomic E-state index is 12.4. The van der Waals surface area contributed by atoms with Crippen molar-refractivity contribution in [3.8, 4) is 5.75 Å². The van der Waals surface area contributed by atoms with Crippen LogP contribution < -0.4 is 4.74 Å². The van der Waals surface area contributed by atoms with Gasteiger partial charge in [-0.2, -0.15) is 8.42 Å². The molecule has 0 bridgehead atoms. The summed E-state index contributed by atoms with van der Waals surface area (Å²) in [6, 6.07) is 5.23. The topological polar surface area (TPSA) is 43.4 Å². The van der Waals surface area contributed by atoms with E-state index in [0.29, 0.717) is 12.4 Å². The van der Waals surface area contributed by atoms with Crippen LogP contribution in [0.25, 0.3) is 0 Å². The number of rotatable bonds is 4. The van der Waals surface area contributed by atoms with E-state index in [1.54, 1.807) is 0 Å². The normalized spacial score (nSPS) is 11.3. The van der Waals surface area contributed by atoms with E-state index in [-0.39, 0.29) is 4.90 Å². The van der Waals surface area contributed by atoms with Crippen molar-refractivity contribution < 1.29 is 17.0 Å². The summed E-state index contributed by atoms with van der Waals surface area (Å²) < 4.78 is 38.5. The Hall–Kier alpha value is -1.10. The fourth-order valence-electron chi connectivity index (χ4n) is 0.918. The summed E-state index contributed by atoms with van der Waals surface area (Å²) in [6.07, 6.45) is 0.864. The van der Waals surface area contributed by atoms with Crippen molar-refractivity contribution in [2.24, 2.45) is 0 Å². The monoisotopic (exact) mass is 218 g/mol. The molecular weight excluding hydrogens is 207 g/mol. The van der Waals surface area contributed by atoms with Gasteiger partial charge in [-0.3, -0.25) is 0 Å². The lowest BCUT2D eigenvalue weighted by Crippen LogP contribution is -1.96. The molecule has 0 aromatic heterocycles. The predicted molar refractivity (Wildman–Crippen MR) is 50.5 cm³/mol. The zero-order valence-electron chi connectivity index (χ0n) is 7.73. The first-order chi connectivity index (χ1) is 6.54. The Balaban J connectivity index is 2.79. The molecule has 0 amide bonds. The van der Waals surface area contributed by atoms with Crippen LogP contribution >= 0.6 is 0 Å². The number of benzene rings is 1. The van der Waals surface area contributed by atoms with Crippen molar-refractivity contribution in [3.05, 3.63) is 24.3 Å². The molecule has 0 saturated heterocycles. The molecule has 0 aliphatic rings. The van der Waals surface area contributed by atoms with Crippen LogP contribution in [0.2, 0.25) is 0 Å². The van der Waals surface area contributed by atoms with Crippen molar-refractivity contribution >= 4 is 10.2 Å². The molecule has 0 saturated carbocycles. The molecule has 1 aromatic rings. The lowest BCUT2D eigenvalue weighted by molar-refractivity contribution is 0.317. The van der Waals surface area contributed by atoms with Gasteiger partial charge in [0.1, 0.15) is 5.75 Å². The zero-order valence-corrected chi connectivity index (χ0v) is 8.55. The van der Waals surface area contributed by atoms with Crippen LogP contribution in [-0.4, -0.2) is 15.0 Å². The Morgan fingerprint density at radius 2 is 1.86 bits per heavy atom. The number of ether oxygens (including phenoxy) is 1. The molecule has 0 unspecified atom stereocenters. The minimum absolute atomic E-state index is 0.346. The molecule has 1 rings (SSSR count). The second-order valence-corrected chi connectivity index (χ2v) is 4.10. The van der Waals surface area contributed by atoms with Crippen LogP contribution in [-0.2, 0) is 10.2 Å². The molecule has 0 aliphatic heterocycles. The molecule has 0 atom stereocenters. The van der Waals surface area contributed by atoms with Crippen molar-refractivity contribution in [2.45, 2.75) is 18.2 Å². The highest BCUT2D eigenvalue weighted by Crippen LogP contribution is 2.17. The Morgan fingerprint density at radius 3 is 2.29 bits per heavy atom. The fourth-order valence-corrected chi connectivity index (χ4v) is 1.38. The van der Waals surface area contributed by atoms with Gasteiger partial charge in [-0.25, -0.2) is 0 Å². The summed E-state index contributed by atoms with van der Waals surface area (Å²) >= 11 is 0. The van der Waals surface area contributed by atoms with Gasteiger partial charge in [0.15, 0.2) is 0 Å². The van der Waals surface area contributed by atoms with Crippen molar-refractivity contribution in [2.75, 3.05) is 6.61 Å². The van der Waals surface area contributed by atoms with Gasteiger partial charge in [-0.05, 0) is 30.7 Å². The number of hydrogen-bond acceptors (Lipinski definition) is 3. The van der Waals surface area contributed by atoms with E-state index < -0.39 is 10.2 Å². The molecule has 0 aliphatic carbocycles. The van der Waals surface area contributed by atoms with Crippen LogP contribution in [0.4, 0.5) is 3.89 Å². The SMILES string of the molecule is CCCOc1ccc(S(=O)(=O)F)cc1. The van der Waals surface area contributed by atoms with Gasteiger partial charge in [0.25, 0.3) is 0 Å². The van der Waals surface area contributed by atoms with Crippen molar-refractivity contribution in [3.63, 3.8) is 0 Å². The molecule has 0 fully saturated rings. The van der Waals surface area contributed by atoms with Gasteiger partial charge in [-0.1, -0.05) is 6.92 Å². The molecule has 1 aromatic carbocycles. The fraction of sp³-hybridized carbons (Fsp3) is 0.333. The minimum atomic E-state index is -4.60. The molecule has 0 radical (unpaired) electrons. The molecule has 14 heavy (non-hydrogen) atoms. The summed E-state index contributed by atoms with van der Waals surface area (Å²) in [4.78, 5) is -0.346. The third kappa shape index (κ3) is 2.99. The van der Waals surface area contributed by atoms with E-state index in [9.17, 15) is 12.3 Å². The average molecular weight is 218 g/mol. The summed E-state index contributed by atoms with van der Waals surface area (Å²) in [6.45, 7) is 2.52. The molecule has 78 valence electrons. The van der Waals surface area contributed by atoms with Crippen molar-refractivity contribution in [1.82, 2.24) is 0 Å². The summed E-state index contributed by atoms with van der Waals surface area (Å²) in [5.74, 6) is 0.541. The van der Waals surface area contributed by atoms with Gasteiger partial charge in [0.2, 0.25) is 0 Å². The highest BCUT2D eigenvalue weighted by atomic mass is 32.3. The van der Waals surface area contributed by atoms with Gasteiger partial charge < -0.3 is 4.74 Å². The third-order valence-electron chi connectivity index (χ3n) is 1.58. The van der Waals surface area contributed by atoms with E-state index in [2.05, 4.69) is 0 Å². The standard InChI is InChI=1S/C9H11FO3S/c1-2-7-13-8-3-5-9(6-4-8)14(10,11)12/h3-6H,2,7H2,1H3. The summed E-state index contributed by atoms with van der Waals surface area (Å²) in [7, 11) is -4.60. The molecule has 0 spiro atoms. The lowest BCUT2D eigenvalue weighted by atomic mass is 10.3. The maximum Gasteiger partial charge on any atom is 0.332 e. The van der Waals surface area contributed by atoms with E-state index in [0.717, 1.165) is 6.42 Å². The van der Waals surface area contributed by atoms with Crippen LogP contribution in [0.5, 0.6) is 5.75 Å². The maximum atomic E-state index is 12.4. The summed E-state index contributed by atoms with van der Waals surface area (Å²) in [5, 5.41) is 0. The van der Waals surface area contributed by atoms with Gasteiger partial charge in [-0.15, -0.1) is 3.89 Å². The van der Waals surface area contributed by atoms with E-state index in [1.807, 2.05) is 6.92 Å². The number of halogens is 1. The highest BCUT2D eigenvalue weighted by molar-refractivity contribution is 7.86. The molecular formula is C9H11FO3S. The van der Waals surface area contributed by atoms with Gasteiger partial charge in [0, 0.05) is 0 Å². The first-order valence-electron chi connectivity index (χ1n) is 4.21. The Bertz CT molecular complexity index is 383. The molecule has 5 heteroatoms. The molecule has 0 heterocycles. The van der Waals surface area contributed by atoms with Crippen LogP contribution in [0.1, 0.15) is 13.3 Å². The predicted octanol–water partition coefficient (Wildman–Crippen LogP) is 2.13. The van der Waals surface area contributed by atoms with Crippen LogP contribution in [0.3, 0.4) is 0 Å². The Labute approximate surface area is 82.7 Å². The third-order valence-corrected chi connectivity index (χ3v) is 2.41. The van der Waals surface area contributed by atoms with Gasteiger partial charge in [0.05, 0.1) is 11.5 Å². The quantitative estimate of drug-likeness (QED) is 0.727. The zero-order chi connectivity index (χ0) is 10.6. The van der Waals surface area contributed by atoms with E-state index >= 15 is 0 Å². The minimum Gasteiger partial charge on any atom is -0.494 e. The lowest BCUT2D eigenvalue weighted by Gasteiger charge is -2.03. The molecule has 0 N–H and O–H groups in total. The first kappa shape index (κ1) is 11.0. The van der Waals surface area contributed by atoms with E-state index in [1.165, 1.54) is 24.3 Å². The average Bonchev–Trinajstić information content (AvgIpc) is 2.14. The second kappa shape index (κ2) is 4.41. The van der Waals surface area contributed by atoms with Gasteiger partial charge >= 0.3 is 10.2 Å². The molecule has 3 nitrogen and oxygen atoms in total. The second-order valence-electron chi connectivity index (χ2n) is 2.76. The van der Waals surface area contributed by atoms with E-state index in [4.69, 9.17) is 4.74 Å². The Morgan fingerprint density at radius 1 is 1.29 bits per heavy atom. The van der Waals surface area contributed by atoms with Crippen molar-refractivity contribution in [1.29, 1.82) is 0 Å². The largest absolute Gasteiger partial charge is 0.494 e. The Kier molecular flexibility index (Phi) is 3.46. The smallest absolute Gasteiger partial charge is 0.332 e. The van der Waals surface area contributed by atoms with Crippen LogP contribution in [0, 0.1) is 0 Å².